The van der Waals surface area contributed by atoms with Crippen LogP contribution in [0.1, 0.15) is 52.5 Å². The largest absolute Gasteiger partial charge is 0.461 e. The van der Waals surface area contributed by atoms with E-state index in [2.05, 4.69) is 31.2 Å². The van der Waals surface area contributed by atoms with Crippen LogP contribution in [0.15, 0.2) is 53.6 Å². The van der Waals surface area contributed by atoms with E-state index in [0.717, 1.165) is 24.8 Å². The van der Waals surface area contributed by atoms with Crippen molar-refractivity contribution in [2.24, 2.45) is 28.3 Å². The molecule has 0 bridgehead atoms. The molecule has 0 saturated heterocycles. The van der Waals surface area contributed by atoms with Gasteiger partial charge in [-0.1, -0.05) is 62.5 Å². The topological polar surface area (TPSA) is 71.0 Å². The van der Waals surface area contributed by atoms with Gasteiger partial charge in [0.15, 0.2) is 0 Å². The Labute approximate surface area is 223 Å². The number of nitrogens with one attached hydrogen (secondary N) is 1. The Balaban J connectivity index is 1.61. The number of esters is 1. The lowest BCUT2D eigenvalue weighted by Gasteiger charge is -2.38. The molecule has 4 unspecified atom stereocenters. The molecule has 1 N–H and O–H groups in total. The van der Waals surface area contributed by atoms with Gasteiger partial charge in [0.1, 0.15) is 11.5 Å². The number of hydrogen-bond acceptors (Lipinski definition) is 4. The van der Waals surface area contributed by atoms with Crippen molar-refractivity contribution >= 4 is 46.6 Å². The van der Waals surface area contributed by atoms with Crippen LogP contribution in [0.4, 0.5) is 10.5 Å². The number of rotatable bonds is 5. The predicted molar refractivity (Wildman–Crippen MR) is 144 cm³/mol. The van der Waals surface area contributed by atoms with E-state index in [1.165, 1.54) is 5.01 Å². The summed E-state index contributed by atoms with van der Waals surface area (Å²) in [4.78, 5) is 26.9. The molecule has 0 aromatic heterocycles. The lowest BCUT2D eigenvalue weighted by atomic mass is 9.75. The number of urea groups is 1. The van der Waals surface area contributed by atoms with Crippen LogP contribution in [0.2, 0.25) is 10.0 Å². The van der Waals surface area contributed by atoms with Crippen LogP contribution in [0.5, 0.6) is 0 Å². The summed E-state index contributed by atoms with van der Waals surface area (Å²) >= 11 is 12.1. The highest BCUT2D eigenvalue weighted by molar-refractivity contribution is 6.31. The first-order valence-electron chi connectivity index (χ1n) is 12.5. The molecule has 2 aromatic rings. The molecule has 4 rings (SSSR count). The molecule has 192 valence electrons. The van der Waals surface area contributed by atoms with Gasteiger partial charge in [0.25, 0.3) is 0 Å². The number of hydrogen-bond donors (Lipinski definition) is 1. The summed E-state index contributed by atoms with van der Waals surface area (Å²) in [5, 5.41) is 9.88. The molecular formula is C28H33Cl2N3O3. The number of benzene rings is 2. The number of amides is 2. The van der Waals surface area contributed by atoms with E-state index in [1.54, 1.807) is 43.3 Å². The van der Waals surface area contributed by atoms with Gasteiger partial charge in [-0.3, -0.25) is 4.79 Å². The van der Waals surface area contributed by atoms with Crippen LogP contribution in [0, 0.1) is 23.2 Å². The van der Waals surface area contributed by atoms with E-state index in [4.69, 9.17) is 27.9 Å². The minimum absolute atomic E-state index is 0.0673. The normalized spacial score (nSPS) is 26.0. The second-order valence-corrected chi connectivity index (χ2v) is 11.4. The summed E-state index contributed by atoms with van der Waals surface area (Å²) < 4.78 is 6.24. The lowest BCUT2D eigenvalue weighted by molar-refractivity contribution is -0.163. The third-order valence-corrected chi connectivity index (χ3v) is 7.83. The highest BCUT2D eigenvalue weighted by atomic mass is 35.5. The fraction of sp³-hybridized carbons (Fsp3) is 0.464. The summed E-state index contributed by atoms with van der Waals surface area (Å²) in [6.45, 7) is 8.44. The maximum absolute atomic E-state index is 13.8. The van der Waals surface area contributed by atoms with E-state index in [0.29, 0.717) is 39.2 Å². The molecule has 0 radical (unpaired) electrons. The minimum Gasteiger partial charge on any atom is -0.461 e. The van der Waals surface area contributed by atoms with Crippen molar-refractivity contribution in [3.63, 3.8) is 0 Å². The van der Waals surface area contributed by atoms with Gasteiger partial charge >= 0.3 is 12.0 Å². The van der Waals surface area contributed by atoms with Crippen molar-refractivity contribution < 1.29 is 14.3 Å². The van der Waals surface area contributed by atoms with Gasteiger partial charge in [0, 0.05) is 15.7 Å². The van der Waals surface area contributed by atoms with Gasteiger partial charge in [-0.2, -0.15) is 5.10 Å². The molecule has 1 heterocycles. The maximum atomic E-state index is 13.8. The molecule has 6 nitrogen and oxygen atoms in total. The van der Waals surface area contributed by atoms with Crippen molar-refractivity contribution in [2.45, 2.75) is 53.1 Å². The molecule has 8 heteroatoms. The van der Waals surface area contributed by atoms with Gasteiger partial charge in [-0.25, -0.2) is 9.80 Å². The van der Waals surface area contributed by atoms with E-state index < -0.39 is 11.4 Å². The maximum Gasteiger partial charge on any atom is 0.342 e. The van der Waals surface area contributed by atoms with Crippen molar-refractivity contribution in [3.05, 3.63) is 64.1 Å². The Morgan fingerprint density at radius 1 is 1.06 bits per heavy atom. The predicted octanol–water partition coefficient (Wildman–Crippen LogP) is 7.26. The Morgan fingerprint density at radius 3 is 2.28 bits per heavy atom. The van der Waals surface area contributed by atoms with Crippen molar-refractivity contribution in [1.29, 1.82) is 0 Å². The molecule has 0 spiro atoms. The highest BCUT2D eigenvalue weighted by Gasteiger charge is 2.50. The second kappa shape index (κ2) is 10.8. The number of nitrogens with zero attached hydrogens (tertiary/aromatic N) is 2. The molecule has 1 fully saturated rings. The number of carbonyl (C=O) groups excluding carboxylic acids is 2. The smallest absolute Gasteiger partial charge is 0.342 e. The quantitative estimate of drug-likeness (QED) is 0.414. The van der Waals surface area contributed by atoms with E-state index in [1.807, 2.05) is 12.1 Å². The summed E-state index contributed by atoms with van der Waals surface area (Å²) in [6, 6.07) is 13.5. The number of anilines is 1. The standard InChI is InChI=1S/C28H33Cl2N3O3/c1-17(2)23-14-5-18(3)15-24(23)36-26(34)28(4)16-33(27(35)31-22-12-10-21(30)11-13-22)32-25(28)19-6-8-20(29)9-7-19/h6-13,17-18,23-24H,5,14-16H2,1-4H3,(H,31,35). The summed E-state index contributed by atoms with van der Waals surface area (Å²) in [6.07, 6.45) is 2.88. The number of halogens is 2. The molecule has 36 heavy (non-hydrogen) atoms. The third-order valence-electron chi connectivity index (χ3n) is 7.33. The lowest BCUT2D eigenvalue weighted by Crippen LogP contribution is -2.46. The van der Waals surface area contributed by atoms with Crippen LogP contribution < -0.4 is 5.32 Å². The number of carbonyl (C=O) groups is 2. The van der Waals surface area contributed by atoms with E-state index in [-0.39, 0.29) is 18.6 Å². The molecule has 2 aromatic carbocycles. The first-order chi connectivity index (χ1) is 17.1. The zero-order chi connectivity index (χ0) is 26.0. The molecule has 1 aliphatic heterocycles. The van der Waals surface area contributed by atoms with Gasteiger partial charge < -0.3 is 10.1 Å². The van der Waals surface area contributed by atoms with Crippen molar-refractivity contribution in [2.75, 3.05) is 11.9 Å². The van der Waals surface area contributed by atoms with Crippen LogP contribution >= 0.6 is 23.2 Å². The fourth-order valence-corrected chi connectivity index (χ4v) is 5.39. The van der Waals surface area contributed by atoms with Gasteiger partial charge in [-0.15, -0.1) is 0 Å². The Morgan fingerprint density at radius 2 is 1.67 bits per heavy atom. The van der Waals surface area contributed by atoms with Crippen molar-refractivity contribution in [1.82, 2.24) is 5.01 Å². The molecule has 2 aliphatic rings. The van der Waals surface area contributed by atoms with Crippen LogP contribution in [-0.2, 0) is 9.53 Å². The molecule has 1 saturated carbocycles. The van der Waals surface area contributed by atoms with Crippen LogP contribution in [0.3, 0.4) is 0 Å². The van der Waals surface area contributed by atoms with Gasteiger partial charge in [0.05, 0.1) is 12.3 Å². The average Bonchev–Trinajstić information content (AvgIpc) is 3.20. The Hall–Kier alpha value is -2.57. The second-order valence-electron chi connectivity index (χ2n) is 10.6. The summed E-state index contributed by atoms with van der Waals surface area (Å²) in [7, 11) is 0. The van der Waals surface area contributed by atoms with Crippen LogP contribution in [-0.4, -0.2) is 35.4 Å². The van der Waals surface area contributed by atoms with Crippen LogP contribution in [0.25, 0.3) is 0 Å². The third kappa shape index (κ3) is 5.70. The van der Waals surface area contributed by atoms with E-state index >= 15 is 0 Å². The molecular weight excluding hydrogens is 497 g/mol. The SMILES string of the molecule is CC1CCC(C(C)C)C(OC(=O)C2(C)CN(C(=O)Nc3ccc(Cl)cc3)N=C2c2ccc(Cl)cc2)C1. The molecule has 1 aliphatic carbocycles. The zero-order valence-corrected chi connectivity index (χ0v) is 22.6. The first kappa shape index (κ1) is 26.5. The summed E-state index contributed by atoms with van der Waals surface area (Å²) in [5.41, 5.74) is 0.658. The van der Waals surface area contributed by atoms with Crippen molar-refractivity contribution in [3.8, 4) is 0 Å². The molecule has 4 atom stereocenters. The minimum atomic E-state index is -1.13. The average molecular weight is 530 g/mol. The Kier molecular flexibility index (Phi) is 7.96. The fourth-order valence-electron chi connectivity index (χ4n) is 5.14. The van der Waals surface area contributed by atoms with Gasteiger partial charge in [-0.05, 0) is 79.5 Å². The Bertz CT molecular complexity index is 1130. The summed E-state index contributed by atoms with van der Waals surface area (Å²) in [5.74, 6) is 0.871. The van der Waals surface area contributed by atoms with E-state index in [9.17, 15) is 9.59 Å². The molecule has 2 amide bonds. The zero-order valence-electron chi connectivity index (χ0n) is 21.1. The number of ether oxygens (including phenoxy) is 1. The highest BCUT2D eigenvalue weighted by Crippen LogP contribution is 2.39. The first-order valence-corrected chi connectivity index (χ1v) is 13.2. The monoisotopic (exact) mass is 529 g/mol. The number of hydrazone groups is 1. The van der Waals surface area contributed by atoms with Gasteiger partial charge in [0.2, 0.25) is 0 Å².